The fraction of sp³-hybridized carbons (Fsp3) is 0.250. The van der Waals surface area contributed by atoms with Gasteiger partial charge in [0.05, 0.1) is 30.0 Å². The minimum absolute atomic E-state index is 0.134. The number of hydrogen-bond donors (Lipinski definition) is 1. The summed E-state index contributed by atoms with van der Waals surface area (Å²) in [5, 5.41) is 4.69. The molecule has 1 amide bonds. The van der Waals surface area contributed by atoms with Crippen LogP contribution >= 0.6 is 11.5 Å². The van der Waals surface area contributed by atoms with Gasteiger partial charge in [0.15, 0.2) is 9.84 Å². The van der Waals surface area contributed by atoms with Gasteiger partial charge in [-0.15, -0.1) is 0 Å². The van der Waals surface area contributed by atoms with Crippen molar-refractivity contribution in [3.8, 4) is 17.1 Å². The van der Waals surface area contributed by atoms with E-state index in [-0.39, 0.29) is 23.1 Å². The van der Waals surface area contributed by atoms with Crippen LogP contribution in [0.5, 0.6) is 5.75 Å². The van der Waals surface area contributed by atoms with Crippen LogP contribution in [-0.2, 0) is 9.84 Å². The van der Waals surface area contributed by atoms with Crippen molar-refractivity contribution in [1.82, 2.24) is 9.36 Å². The zero-order valence-electron chi connectivity index (χ0n) is 16.2. The lowest BCUT2D eigenvalue weighted by atomic mass is 10.2. The minimum atomic E-state index is -2.95. The maximum Gasteiger partial charge on any atom is 0.274 e. The first-order valence-electron chi connectivity index (χ1n) is 9.28. The zero-order chi connectivity index (χ0) is 21.1. The van der Waals surface area contributed by atoms with Crippen LogP contribution in [-0.4, -0.2) is 55.4 Å². The summed E-state index contributed by atoms with van der Waals surface area (Å²) in [4.78, 5) is 19.1. The maximum absolute atomic E-state index is 12.7. The van der Waals surface area contributed by atoms with E-state index < -0.39 is 9.84 Å². The average molecular weight is 445 g/mol. The summed E-state index contributed by atoms with van der Waals surface area (Å²) in [6.45, 7) is 0.870. The van der Waals surface area contributed by atoms with Crippen LogP contribution in [0, 0.1) is 0 Å². The highest BCUT2D eigenvalue weighted by molar-refractivity contribution is 7.91. The number of methoxy groups -OCH3 is 1. The van der Waals surface area contributed by atoms with Crippen LogP contribution in [0.15, 0.2) is 47.8 Å². The topological polar surface area (TPSA) is 101 Å². The first kappa shape index (κ1) is 20.3. The zero-order valence-corrected chi connectivity index (χ0v) is 17.9. The molecule has 0 spiro atoms. The Morgan fingerprint density at radius 1 is 1.13 bits per heavy atom. The molecule has 3 heterocycles. The highest BCUT2D eigenvalue weighted by atomic mass is 32.2. The lowest BCUT2D eigenvalue weighted by Crippen LogP contribution is -2.40. The van der Waals surface area contributed by atoms with Gasteiger partial charge in [-0.3, -0.25) is 4.79 Å². The first-order valence-corrected chi connectivity index (χ1v) is 11.9. The van der Waals surface area contributed by atoms with E-state index in [1.807, 2.05) is 22.4 Å². The molecule has 8 nitrogen and oxygen atoms in total. The van der Waals surface area contributed by atoms with Gasteiger partial charge in [0.2, 0.25) is 0 Å². The lowest BCUT2D eigenvalue weighted by molar-refractivity contribution is 0.102. The molecule has 0 atom stereocenters. The number of amides is 1. The van der Waals surface area contributed by atoms with Gasteiger partial charge in [-0.1, -0.05) is 6.07 Å². The molecule has 1 fully saturated rings. The summed E-state index contributed by atoms with van der Waals surface area (Å²) < 4.78 is 33.0. The van der Waals surface area contributed by atoms with Crippen LogP contribution in [0.4, 0.5) is 11.4 Å². The van der Waals surface area contributed by atoms with Gasteiger partial charge in [0.1, 0.15) is 17.1 Å². The van der Waals surface area contributed by atoms with E-state index in [9.17, 15) is 13.2 Å². The number of carbonyl (C=O) groups excluding carboxylic acids is 1. The second-order valence-electron chi connectivity index (χ2n) is 6.77. The van der Waals surface area contributed by atoms with Crippen molar-refractivity contribution >= 4 is 38.7 Å². The number of nitrogens with zero attached hydrogens (tertiary/aromatic N) is 3. The predicted octanol–water partition coefficient (Wildman–Crippen LogP) is 2.70. The van der Waals surface area contributed by atoms with Crippen molar-refractivity contribution in [2.24, 2.45) is 0 Å². The van der Waals surface area contributed by atoms with Crippen LogP contribution in [0.1, 0.15) is 10.5 Å². The van der Waals surface area contributed by atoms with E-state index in [1.54, 1.807) is 30.3 Å². The number of carbonyl (C=O) groups is 1. The van der Waals surface area contributed by atoms with E-state index in [4.69, 9.17) is 4.74 Å². The number of ether oxygens (including phenoxy) is 1. The number of hydrogen-bond acceptors (Lipinski definition) is 8. The van der Waals surface area contributed by atoms with E-state index in [0.29, 0.717) is 30.2 Å². The van der Waals surface area contributed by atoms with Gasteiger partial charge in [-0.2, -0.15) is 4.37 Å². The number of benzene rings is 1. The van der Waals surface area contributed by atoms with Gasteiger partial charge < -0.3 is 15.0 Å². The number of aromatic nitrogens is 2. The summed E-state index contributed by atoms with van der Waals surface area (Å²) in [5.41, 5.74) is 2.99. The highest BCUT2D eigenvalue weighted by Gasteiger charge is 2.22. The fourth-order valence-corrected chi connectivity index (χ4v) is 4.91. The van der Waals surface area contributed by atoms with Crippen LogP contribution in [0.25, 0.3) is 11.4 Å². The molecule has 1 aliphatic heterocycles. The molecule has 3 aromatic rings. The predicted molar refractivity (Wildman–Crippen MR) is 117 cm³/mol. The Morgan fingerprint density at radius 2 is 1.93 bits per heavy atom. The van der Waals surface area contributed by atoms with Gasteiger partial charge in [-0.25, -0.2) is 13.4 Å². The highest BCUT2D eigenvalue weighted by Crippen LogP contribution is 2.31. The normalized spacial score (nSPS) is 15.6. The molecule has 1 aliphatic rings. The van der Waals surface area contributed by atoms with Gasteiger partial charge in [-0.05, 0) is 41.9 Å². The molecule has 4 rings (SSSR count). The molecule has 0 bridgehead atoms. The summed E-state index contributed by atoms with van der Waals surface area (Å²) >= 11 is 1.32. The third kappa shape index (κ3) is 4.44. The largest absolute Gasteiger partial charge is 0.494 e. The Hall–Kier alpha value is -2.98. The first-order chi connectivity index (χ1) is 14.4. The lowest BCUT2D eigenvalue weighted by Gasteiger charge is -2.29. The van der Waals surface area contributed by atoms with Gasteiger partial charge in [0.25, 0.3) is 5.91 Å². The average Bonchev–Trinajstić information content (AvgIpc) is 3.29. The third-order valence-corrected chi connectivity index (χ3v) is 6.99. The molecule has 0 radical (unpaired) electrons. The van der Waals surface area contributed by atoms with Crippen LogP contribution < -0.4 is 15.0 Å². The molecule has 0 aliphatic carbocycles. The maximum atomic E-state index is 12.7. The standard InChI is InChI=1S/C20H20N4O4S2/c1-28-19-13-14(24-8-11-30(26,27)12-9-24)5-6-17(19)22-20(25)18-4-2-3-15(21-18)16-7-10-29-23-16/h2-7,10,13H,8-9,11-12H2,1H3,(H,22,25). The molecule has 0 unspecified atom stereocenters. The van der Waals surface area contributed by atoms with Crippen molar-refractivity contribution < 1.29 is 17.9 Å². The quantitative estimate of drug-likeness (QED) is 0.646. The smallest absolute Gasteiger partial charge is 0.274 e. The molecule has 1 N–H and O–H groups in total. The van der Waals surface area contributed by atoms with E-state index in [1.165, 1.54) is 18.6 Å². The van der Waals surface area contributed by atoms with Crippen molar-refractivity contribution in [3.63, 3.8) is 0 Å². The molecule has 30 heavy (non-hydrogen) atoms. The molecule has 0 saturated carbocycles. The van der Waals surface area contributed by atoms with Crippen molar-refractivity contribution in [2.45, 2.75) is 0 Å². The SMILES string of the molecule is COc1cc(N2CCS(=O)(=O)CC2)ccc1NC(=O)c1cccc(-c2ccsn2)n1. The number of sulfone groups is 1. The second kappa shape index (κ2) is 8.41. The van der Waals surface area contributed by atoms with Gasteiger partial charge in [0, 0.05) is 30.2 Å². The van der Waals surface area contributed by atoms with Crippen molar-refractivity contribution in [2.75, 3.05) is 41.9 Å². The Bertz CT molecular complexity index is 1150. The molecular weight excluding hydrogens is 424 g/mol. The Morgan fingerprint density at radius 3 is 2.63 bits per heavy atom. The van der Waals surface area contributed by atoms with E-state index in [2.05, 4.69) is 14.7 Å². The second-order valence-corrected chi connectivity index (χ2v) is 9.74. The van der Waals surface area contributed by atoms with Crippen LogP contribution in [0.2, 0.25) is 0 Å². The Balaban J connectivity index is 1.52. The monoisotopic (exact) mass is 444 g/mol. The molecule has 1 saturated heterocycles. The van der Waals surface area contributed by atoms with E-state index in [0.717, 1.165) is 11.4 Å². The van der Waals surface area contributed by atoms with Crippen molar-refractivity contribution in [3.05, 3.63) is 53.5 Å². The Labute approximate surface area is 178 Å². The van der Waals surface area contributed by atoms with Gasteiger partial charge >= 0.3 is 0 Å². The molecule has 1 aromatic carbocycles. The third-order valence-electron chi connectivity index (χ3n) is 4.82. The number of rotatable bonds is 5. The fourth-order valence-electron chi connectivity index (χ4n) is 3.19. The molecule has 156 valence electrons. The summed E-state index contributed by atoms with van der Waals surface area (Å²) in [5.74, 6) is 0.399. The summed E-state index contributed by atoms with van der Waals surface area (Å²) in [6, 6.07) is 12.4. The van der Waals surface area contributed by atoms with E-state index >= 15 is 0 Å². The summed E-state index contributed by atoms with van der Waals surface area (Å²) in [6.07, 6.45) is 0. The van der Waals surface area contributed by atoms with Crippen molar-refractivity contribution in [1.29, 1.82) is 0 Å². The summed E-state index contributed by atoms with van der Waals surface area (Å²) in [7, 11) is -1.43. The molecule has 10 heteroatoms. The number of nitrogens with one attached hydrogen (secondary N) is 1. The molecular formula is C20H20N4O4S2. The number of anilines is 2. The number of pyridine rings is 1. The minimum Gasteiger partial charge on any atom is -0.494 e. The van der Waals surface area contributed by atoms with Crippen LogP contribution in [0.3, 0.4) is 0 Å². The molecule has 2 aromatic heterocycles. The Kier molecular flexibility index (Phi) is 5.69.